The first-order valence-corrected chi connectivity index (χ1v) is 11.4. The first-order valence-electron chi connectivity index (χ1n) is 11.4. The maximum Gasteiger partial charge on any atom is 0.245 e. The summed E-state index contributed by atoms with van der Waals surface area (Å²) in [5.41, 5.74) is 8.77. The normalized spacial score (nSPS) is 19.7. The van der Waals surface area contributed by atoms with E-state index in [0.717, 1.165) is 12.8 Å². The second-order valence-electron chi connectivity index (χ2n) is 9.92. The molecule has 0 amide bonds. The van der Waals surface area contributed by atoms with Gasteiger partial charge in [0.1, 0.15) is 12.1 Å². The minimum Gasteiger partial charge on any atom is -0.226 e. The third-order valence-corrected chi connectivity index (χ3v) is 6.72. The van der Waals surface area contributed by atoms with Crippen LogP contribution < -0.4 is 4.57 Å². The SMILES string of the molecule is CC(C)C[C@H]1Cc2ccccc2-c2c3[n+](cn21)[C@@H](CC(C)C)Cc1ccccc1-3. The summed E-state index contributed by atoms with van der Waals surface area (Å²) >= 11 is 0. The maximum absolute atomic E-state index is 2.63. The molecule has 2 nitrogen and oxygen atoms in total. The highest BCUT2D eigenvalue weighted by atomic mass is 15.2. The minimum atomic E-state index is 0.546. The number of hydrogen-bond acceptors (Lipinski definition) is 0. The molecule has 0 N–H and O–H groups in total. The highest BCUT2D eigenvalue weighted by Crippen LogP contribution is 2.44. The van der Waals surface area contributed by atoms with Crippen molar-refractivity contribution in [2.75, 3.05) is 0 Å². The molecule has 0 bridgehead atoms. The molecule has 2 aliphatic rings. The third-order valence-electron chi connectivity index (χ3n) is 6.72. The topological polar surface area (TPSA) is 8.81 Å². The van der Waals surface area contributed by atoms with Crippen molar-refractivity contribution < 1.29 is 4.57 Å². The van der Waals surface area contributed by atoms with Crippen molar-refractivity contribution in [1.82, 2.24) is 4.57 Å². The number of nitrogens with zero attached hydrogens (tertiary/aromatic N) is 2. The number of hydrogen-bond donors (Lipinski definition) is 0. The predicted molar refractivity (Wildman–Crippen MR) is 120 cm³/mol. The molecule has 2 heteroatoms. The van der Waals surface area contributed by atoms with Crippen molar-refractivity contribution in [3.05, 3.63) is 66.0 Å². The summed E-state index contributed by atoms with van der Waals surface area (Å²) < 4.78 is 5.26. The number of benzene rings is 2. The summed E-state index contributed by atoms with van der Waals surface area (Å²) in [5.74, 6) is 1.39. The van der Waals surface area contributed by atoms with Gasteiger partial charge in [-0.1, -0.05) is 76.2 Å². The molecule has 2 aliphatic heterocycles. The lowest BCUT2D eigenvalue weighted by Gasteiger charge is -2.26. The Morgan fingerprint density at radius 2 is 1.45 bits per heavy atom. The first kappa shape index (κ1) is 18.7. The minimum absolute atomic E-state index is 0.546. The average molecular weight is 386 g/mol. The van der Waals surface area contributed by atoms with Crippen LogP contribution in [0.15, 0.2) is 54.9 Å². The summed E-state index contributed by atoms with van der Waals surface area (Å²) in [6.45, 7) is 9.42. The van der Waals surface area contributed by atoms with Gasteiger partial charge >= 0.3 is 0 Å². The first-order chi connectivity index (χ1) is 14.0. The smallest absolute Gasteiger partial charge is 0.226 e. The van der Waals surface area contributed by atoms with E-state index in [-0.39, 0.29) is 0 Å². The Morgan fingerprint density at radius 1 is 0.828 bits per heavy atom. The lowest BCUT2D eigenvalue weighted by atomic mass is 9.85. The molecule has 2 atom stereocenters. The Hall–Kier alpha value is -2.35. The number of aromatic nitrogens is 2. The van der Waals surface area contributed by atoms with Crippen molar-refractivity contribution in [3.8, 4) is 22.5 Å². The van der Waals surface area contributed by atoms with Crippen molar-refractivity contribution in [2.45, 2.75) is 65.5 Å². The zero-order valence-corrected chi connectivity index (χ0v) is 18.2. The van der Waals surface area contributed by atoms with E-state index in [9.17, 15) is 0 Å². The quantitative estimate of drug-likeness (QED) is 0.460. The summed E-state index contributed by atoms with van der Waals surface area (Å²) in [5, 5.41) is 0. The largest absolute Gasteiger partial charge is 0.245 e. The van der Waals surface area contributed by atoms with E-state index in [1.807, 2.05) is 0 Å². The second kappa shape index (κ2) is 7.16. The van der Waals surface area contributed by atoms with Crippen LogP contribution in [-0.4, -0.2) is 4.57 Å². The molecule has 1 aromatic heterocycles. The molecule has 3 aromatic rings. The van der Waals surface area contributed by atoms with Crippen LogP contribution in [0.4, 0.5) is 0 Å². The number of imidazole rings is 1. The Labute approximate surface area is 175 Å². The summed E-state index contributed by atoms with van der Waals surface area (Å²) in [6.07, 6.45) is 7.21. The lowest BCUT2D eigenvalue weighted by Crippen LogP contribution is -2.44. The Bertz CT molecular complexity index is 958. The van der Waals surface area contributed by atoms with Crippen LogP contribution in [0.25, 0.3) is 22.5 Å². The van der Waals surface area contributed by atoms with Gasteiger partial charge < -0.3 is 0 Å². The average Bonchev–Trinajstić information content (AvgIpc) is 3.09. The van der Waals surface area contributed by atoms with Crippen LogP contribution in [-0.2, 0) is 12.8 Å². The van der Waals surface area contributed by atoms with E-state index in [0.29, 0.717) is 23.9 Å². The predicted octanol–water partition coefficient (Wildman–Crippen LogP) is 6.40. The van der Waals surface area contributed by atoms with Gasteiger partial charge in [-0.05, 0) is 35.8 Å². The molecular weight excluding hydrogens is 352 g/mol. The molecule has 0 spiro atoms. The Balaban J connectivity index is 1.77. The number of fused-ring (bicyclic) bond motifs is 7. The fourth-order valence-corrected chi connectivity index (χ4v) is 5.63. The molecule has 150 valence electrons. The van der Waals surface area contributed by atoms with E-state index in [2.05, 4.69) is 91.7 Å². The molecule has 2 aromatic carbocycles. The standard InChI is InChI=1S/C27H33N2/c1-18(2)13-22-15-20-9-5-7-11-24(20)26-27-25-12-8-6-10-21(25)16-23(14-19(3)4)29(27)17-28(22)26/h5-12,17-19,22-23H,13-16H2,1-4H3/q+1/t22-,23-/m0/s1. The zero-order chi connectivity index (χ0) is 20.1. The second-order valence-corrected chi connectivity index (χ2v) is 9.92. The van der Waals surface area contributed by atoms with E-state index < -0.39 is 0 Å². The number of rotatable bonds is 4. The molecule has 0 unspecified atom stereocenters. The fourth-order valence-electron chi connectivity index (χ4n) is 5.63. The summed E-state index contributed by atoms with van der Waals surface area (Å²) in [7, 11) is 0. The monoisotopic (exact) mass is 385 g/mol. The Kier molecular flexibility index (Phi) is 4.61. The van der Waals surface area contributed by atoms with Gasteiger partial charge in [0, 0.05) is 24.0 Å². The molecule has 0 radical (unpaired) electrons. The van der Waals surface area contributed by atoms with Crippen LogP contribution in [0, 0.1) is 11.8 Å². The van der Waals surface area contributed by atoms with E-state index in [1.165, 1.54) is 46.5 Å². The van der Waals surface area contributed by atoms with Gasteiger partial charge in [0.15, 0.2) is 11.4 Å². The van der Waals surface area contributed by atoms with Crippen LogP contribution in [0.2, 0.25) is 0 Å². The van der Waals surface area contributed by atoms with Gasteiger partial charge in [-0.3, -0.25) is 0 Å². The molecule has 0 aliphatic carbocycles. The molecular formula is C27H33N2+. The fraction of sp³-hybridized carbons (Fsp3) is 0.444. The molecule has 29 heavy (non-hydrogen) atoms. The molecule has 5 rings (SSSR count). The molecule has 0 fully saturated rings. The van der Waals surface area contributed by atoms with Crippen LogP contribution in [0.5, 0.6) is 0 Å². The lowest BCUT2D eigenvalue weighted by molar-refractivity contribution is -0.715. The van der Waals surface area contributed by atoms with Gasteiger partial charge in [0.05, 0.1) is 0 Å². The molecule has 3 heterocycles. The van der Waals surface area contributed by atoms with Crippen molar-refractivity contribution in [3.63, 3.8) is 0 Å². The third kappa shape index (κ3) is 3.13. The Morgan fingerprint density at radius 3 is 2.14 bits per heavy atom. The van der Waals surface area contributed by atoms with Gasteiger partial charge in [-0.2, -0.15) is 0 Å². The zero-order valence-electron chi connectivity index (χ0n) is 18.2. The highest BCUT2D eigenvalue weighted by molar-refractivity contribution is 5.81. The van der Waals surface area contributed by atoms with Gasteiger partial charge in [0.2, 0.25) is 6.33 Å². The summed E-state index contributed by atoms with van der Waals surface area (Å²) in [6, 6.07) is 19.3. The van der Waals surface area contributed by atoms with Crippen molar-refractivity contribution in [2.24, 2.45) is 11.8 Å². The molecule has 0 saturated carbocycles. The van der Waals surface area contributed by atoms with Crippen molar-refractivity contribution in [1.29, 1.82) is 0 Å². The van der Waals surface area contributed by atoms with E-state index in [1.54, 1.807) is 0 Å². The highest BCUT2D eigenvalue weighted by Gasteiger charge is 2.40. The van der Waals surface area contributed by atoms with Crippen molar-refractivity contribution >= 4 is 0 Å². The van der Waals surface area contributed by atoms with Gasteiger partial charge in [0.25, 0.3) is 0 Å². The van der Waals surface area contributed by atoms with Crippen LogP contribution in [0.3, 0.4) is 0 Å². The van der Waals surface area contributed by atoms with Crippen LogP contribution >= 0.6 is 0 Å². The summed E-state index contributed by atoms with van der Waals surface area (Å²) in [4.78, 5) is 0. The van der Waals surface area contributed by atoms with Crippen LogP contribution in [0.1, 0.15) is 63.7 Å². The van der Waals surface area contributed by atoms with Gasteiger partial charge in [-0.15, -0.1) is 0 Å². The van der Waals surface area contributed by atoms with E-state index in [4.69, 9.17) is 0 Å². The van der Waals surface area contributed by atoms with E-state index >= 15 is 0 Å². The molecule has 0 saturated heterocycles. The maximum atomic E-state index is 2.63. The van der Waals surface area contributed by atoms with Gasteiger partial charge in [-0.25, -0.2) is 9.13 Å².